The average molecular weight is 148 g/mol. The molecular weight excluding hydrogens is 132 g/mol. The van der Waals surface area contributed by atoms with Crippen molar-refractivity contribution in [1.82, 2.24) is 0 Å². The minimum Gasteiger partial charge on any atom is -0.0739 e. The molecular formula is C11H16. The van der Waals surface area contributed by atoms with Gasteiger partial charge in [-0.25, -0.2) is 0 Å². The molecule has 2 aliphatic carbocycles. The summed E-state index contributed by atoms with van der Waals surface area (Å²) in [5.41, 5.74) is 3.71. The molecule has 1 saturated carbocycles. The van der Waals surface area contributed by atoms with Gasteiger partial charge in [-0.15, -0.1) is 0 Å². The molecule has 2 rings (SSSR count). The number of hydrogen-bond donors (Lipinski definition) is 0. The lowest BCUT2D eigenvalue weighted by Gasteiger charge is -2.05. The van der Waals surface area contributed by atoms with Crippen molar-refractivity contribution in [2.45, 2.75) is 33.6 Å². The van der Waals surface area contributed by atoms with E-state index in [-0.39, 0.29) is 0 Å². The molecule has 60 valence electrons. The van der Waals surface area contributed by atoms with Gasteiger partial charge in [0.05, 0.1) is 0 Å². The zero-order valence-corrected chi connectivity index (χ0v) is 7.65. The van der Waals surface area contributed by atoms with E-state index in [0.29, 0.717) is 11.3 Å². The molecule has 0 spiro atoms. The maximum atomic E-state index is 2.43. The van der Waals surface area contributed by atoms with Gasteiger partial charge in [-0.05, 0) is 36.7 Å². The minimum absolute atomic E-state index is 0.575. The quantitative estimate of drug-likeness (QED) is 0.535. The van der Waals surface area contributed by atoms with E-state index in [1.165, 1.54) is 18.4 Å². The Bertz CT molecular complexity index is 239. The lowest BCUT2D eigenvalue weighted by molar-refractivity contribution is 0.707. The summed E-state index contributed by atoms with van der Waals surface area (Å²) in [7, 11) is 0. The van der Waals surface area contributed by atoms with Gasteiger partial charge in [-0.1, -0.05) is 31.6 Å². The minimum atomic E-state index is 0.575. The fraction of sp³-hybridized carbons (Fsp3) is 0.636. The fourth-order valence-electron chi connectivity index (χ4n) is 1.68. The molecule has 0 amide bonds. The van der Waals surface area contributed by atoms with Gasteiger partial charge in [0.25, 0.3) is 0 Å². The van der Waals surface area contributed by atoms with Crippen molar-refractivity contribution in [2.24, 2.45) is 11.3 Å². The lowest BCUT2D eigenvalue weighted by Crippen LogP contribution is -1.93. The summed E-state index contributed by atoms with van der Waals surface area (Å²) in [6, 6.07) is 0. The summed E-state index contributed by atoms with van der Waals surface area (Å²) in [6.07, 6.45) is 7.62. The predicted octanol–water partition coefficient (Wildman–Crippen LogP) is 3.31. The van der Waals surface area contributed by atoms with Crippen LogP contribution < -0.4 is 0 Å². The van der Waals surface area contributed by atoms with Crippen molar-refractivity contribution in [3.8, 4) is 0 Å². The van der Waals surface area contributed by atoms with Crippen LogP contribution in [0.1, 0.15) is 33.6 Å². The highest BCUT2D eigenvalue weighted by atomic mass is 14.5. The Hall–Kier alpha value is -0.520. The molecule has 0 aromatic heterocycles. The van der Waals surface area contributed by atoms with Gasteiger partial charge in [-0.3, -0.25) is 0 Å². The Balaban J connectivity index is 2.24. The van der Waals surface area contributed by atoms with Crippen LogP contribution >= 0.6 is 0 Å². The zero-order valence-electron chi connectivity index (χ0n) is 7.65. The highest BCUT2D eigenvalue weighted by Crippen LogP contribution is 2.53. The SMILES string of the molecule is CC1=CC(C2(C)CC2)=C[C@@H]1C. The highest BCUT2D eigenvalue weighted by molar-refractivity contribution is 5.40. The maximum Gasteiger partial charge on any atom is -0.00452 e. The summed E-state index contributed by atoms with van der Waals surface area (Å²) < 4.78 is 0. The van der Waals surface area contributed by atoms with Crippen LogP contribution in [0.4, 0.5) is 0 Å². The fourth-order valence-corrected chi connectivity index (χ4v) is 1.68. The van der Waals surface area contributed by atoms with Crippen LogP contribution in [0.5, 0.6) is 0 Å². The second-order valence-electron chi connectivity index (χ2n) is 4.36. The van der Waals surface area contributed by atoms with E-state index in [1.54, 1.807) is 5.57 Å². The highest BCUT2D eigenvalue weighted by Gasteiger charge is 2.41. The standard InChI is InChI=1S/C11H16/c1-8-6-10(7-9(8)2)11(3)4-5-11/h6-8H,4-5H2,1-3H3/t8-/m0/s1. The summed E-state index contributed by atoms with van der Waals surface area (Å²) in [4.78, 5) is 0. The smallest absolute Gasteiger partial charge is 0.00452 e. The Morgan fingerprint density at radius 2 is 2.09 bits per heavy atom. The first kappa shape index (κ1) is 7.15. The molecule has 0 aromatic carbocycles. The Kier molecular flexibility index (Phi) is 1.30. The first-order valence-corrected chi connectivity index (χ1v) is 4.52. The van der Waals surface area contributed by atoms with Gasteiger partial charge in [-0.2, -0.15) is 0 Å². The van der Waals surface area contributed by atoms with Crippen LogP contribution in [-0.2, 0) is 0 Å². The lowest BCUT2D eigenvalue weighted by atomic mass is 9.99. The molecule has 0 unspecified atom stereocenters. The van der Waals surface area contributed by atoms with Gasteiger partial charge < -0.3 is 0 Å². The zero-order chi connectivity index (χ0) is 8.06. The summed E-state index contributed by atoms with van der Waals surface area (Å²) in [5.74, 6) is 0.697. The van der Waals surface area contributed by atoms with Crippen molar-refractivity contribution >= 4 is 0 Å². The molecule has 0 heterocycles. The van der Waals surface area contributed by atoms with E-state index in [9.17, 15) is 0 Å². The monoisotopic (exact) mass is 148 g/mol. The van der Waals surface area contributed by atoms with Crippen LogP contribution in [0.2, 0.25) is 0 Å². The molecule has 0 N–H and O–H groups in total. The number of hydrogen-bond acceptors (Lipinski definition) is 0. The molecule has 0 aromatic rings. The Labute approximate surface area is 69.0 Å². The van der Waals surface area contributed by atoms with Crippen LogP contribution in [-0.4, -0.2) is 0 Å². The van der Waals surface area contributed by atoms with E-state index >= 15 is 0 Å². The molecule has 2 aliphatic rings. The van der Waals surface area contributed by atoms with Gasteiger partial charge in [0.15, 0.2) is 0 Å². The van der Waals surface area contributed by atoms with E-state index in [0.717, 1.165) is 0 Å². The first-order valence-electron chi connectivity index (χ1n) is 4.52. The van der Waals surface area contributed by atoms with Crippen LogP contribution in [0.3, 0.4) is 0 Å². The first-order chi connectivity index (χ1) is 5.12. The Morgan fingerprint density at radius 3 is 2.45 bits per heavy atom. The third kappa shape index (κ3) is 1.05. The summed E-state index contributed by atoms with van der Waals surface area (Å²) >= 11 is 0. The molecule has 0 bridgehead atoms. The topological polar surface area (TPSA) is 0 Å². The molecule has 0 heteroatoms. The van der Waals surface area contributed by atoms with E-state index in [1.807, 2.05) is 0 Å². The number of rotatable bonds is 1. The average Bonchev–Trinajstić information content (AvgIpc) is 2.59. The van der Waals surface area contributed by atoms with Crippen molar-refractivity contribution < 1.29 is 0 Å². The van der Waals surface area contributed by atoms with Crippen LogP contribution in [0.25, 0.3) is 0 Å². The van der Waals surface area contributed by atoms with Gasteiger partial charge >= 0.3 is 0 Å². The number of allylic oxidation sites excluding steroid dienone is 4. The normalized spacial score (nSPS) is 33.2. The molecule has 1 atom stereocenters. The van der Waals surface area contributed by atoms with Crippen molar-refractivity contribution in [3.63, 3.8) is 0 Å². The largest absolute Gasteiger partial charge is 0.0739 e. The van der Waals surface area contributed by atoms with E-state index in [4.69, 9.17) is 0 Å². The maximum absolute atomic E-state index is 2.43. The van der Waals surface area contributed by atoms with Crippen molar-refractivity contribution in [3.05, 3.63) is 23.3 Å². The molecule has 0 radical (unpaired) electrons. The second-order valence-corrected chi connectivity index (χ2v) is 4.36. The molecule has 11 heavy (non-hydrogen) atoms. The van der Waals surface area contributed by atoms with Crippen LogP contribution in [0.15, 0.2) is 23.3 Å². The van der Waals surface area contributed by atoms with Gasteiger partial charge in [0.2, 0.25) is 0 Å². The summed E-state index contributed by atoms with van der Waals surface area (Å²) in [5, 5.41) is 0. The second kappa shape index (κ2) is 2.00. The van der Waals surface area contributed by atoms with Crippen LogP contribution in [0, 0.1) is 11.3 Å². The van der Waals surface area contributed by atoms with Gasteiger partial charge in [0.1, 0.15) is 0 Å². The molecule has 0 saturated heterocycles. The van der Waals surface area contributed by atoms with Gasteiger partial charge in [0, 0.05) is 0 Å². The van der Waals surface area contributed by atoms with Crippen molar-refractivity contribution in [2.75, 3.05) is 0 Å². The molecule has 0 nitrogen and oxygen atoms in total. The molecule has 1 fully saturated rings. The predicted molar refractivity (Wildman–Crippen MR) is 48.3 cm³/mol. The third-order valence-electron chi connectivity index (χ3n) is 3.23. The Morgan fingerprint density at radius 1 is 1.45 bits per heavy atom. The van der Waals surface area contributed by atoms with E-state index < -0.39 is 0 Å². The molecule has 0 aliphatic heterocycles. The third-order valence-corrected chi connectivity index (χ3v) is 3.23. The van der Waals surface area contributed by atoms with Crippen molar-refractivity contribution in [1.29, 1.82) is 0 Å². The van der Waals surface area contributed by atoms with E-state index in [2.05, 4.69) is 32.9 Å². The summed E-state index contributed by atoms with van der Waals surface area (Å²) in [6.45, 7) is 6.89.